The van der Waals surface area contributed by atoms with E-state index in [-0.39, 0.29) is 5.69 Å². The third-order valence-electron chi connectivity index (χ3n) is 3.46. The van der Waals surface area contributed by atoms with E-state index in [0.717, 1.165) is 15.9 Å². The van der Waals surface area contributed by atoms with E-state index in [9.17, 15) is 12.8 Å². The molecule has 0 aliphatic rings. The SMILES string of the molecule is CC(c1ccccc1)N(C)S(=O)(=O)c1c(N)cccc1F. The number of halogens is 1. The summed E-state index contributed by atoms with van der Waals surface area (Å²) in [6, 6.07) is 12.5. The lowest BCUT2D eigenvalue weighted by Gasteiger charge is -2.25. The molecule has 6 heteroatoms. The molecule has 0 fully saturated rings. The van der Waals surface area contributed by atoms with Crippen LogP contribution in [0.4, 0.5) is 10.1 Å². The molecule has 0 saturated carbocycles. The van der Waals surface area contributed by atoms with Gasteiger partial charge in [-0.15, -0.1) is 0 Å². The van der Waals surface area contributed by atoms with Gasteiger partial charge in [0.05, 0.1) is 5.69 Å². The molecule has 1 atom stereocenters. The Morgan fingerprint density at radius 1 is 1.10 bits per heavy atom. The molecule has 0 heterocycles. The summed E-state index contributed by atoms with van der Waals surface area (Å²) < 4.78 is 40.2. The van der Waals surface area contributed by atoms with Crippen molar-refractivity contribution in [1.82, 2.24) is 4.31 Å². The second kappa shape index (κ2) is 5.83. The Morgan fingerprint density at radius 3 is 2.29 bits per heavy atom. The summed E-state index contributed by atoms with van der Waals surface area (Å²) in [7, 11) is -2.60. The molecule has 0 spiro atoms. The Kier molecular flexibility index (Phi) is 4.29. The van der Waals surface area contributed by atoms with Gasteiger partial charge < -0.3 is 5.73 Å². The van der Waals surface area contributed by atoms with Crippen LogP contribution in [0.1, 0.15) is 18.5 Å². The van der Waals surface area contributed by atoms with Crippen molar-refractivity contribution in [1.29, 1.82) is 0 Å². The molecule has 0 aliphatic heterocycles. The van der Waals surface area contributed by atoms with E-state index < -0.39 is 26.8 Å². The zero-order valence-corrected chi connectivity index (χ0v) is 12.6. The smallest absolute Gasteiger partial charge is 0.248 e. The highest BCUT2D eigenvalue weighted by atomic mass is 32.2. The third kappa shape index (κ3) is 2.91. The highest BCUT2D eigenvalue weighted by molar-refractivity contribution is 7.89. The van der Waals surface area contributed by atoms with Gasteiger partial charge in [-0.3, -0.25) is 0 Å². The minimum absolute atomic E-state index is 0.0953. The number of rotatable bonds is 4. The van der Waals surface area contributed by atoms with Crippen LogP contribution in [0.2, 0.25) is 0 Å². The topological polar surface area (TPSA) is 63.4 Å². The molecule has 0 saturated heterocycles. The summed E-state index contributed by atoms with van der Waals surface area (Å²) in [5.74, 6) is -0.845. The first-order valence-corrected chi connectivity index (χ1v) is 7.86. The molecule has 1 unspecified atom stereocenters. The fraction of sp³-hybridized carbons (Fsp3) is 0.200. The molecule has 0 aliphatic carbocycles. The lowest BCUT2D eigenvalue weighted by molar-refractivity contribution is 0.395. The number of benzene rings is 2. The van der Waals surface area contributed by atoms with Crippen LogP contribution in [0.5, 0.6) is 0 Å². The van der Waals surface area contributed by atoms with Crippen molar-refractivity contribution in [2.45, 2.75) is 17.9 Å². The minimum atomic E-state index is -4.01. The fourth-order valence-corrected chi connectivity index (χ4v) is 3.60. The standard InChI is InChI=1S/C15H17FN2O2S/c1-11(12-7-4-3-5-8-12)18(2)21(19,20)15-13(16)9-6-10-14(15)17/h3-11H,17H2,1-2H3. The predicted molar refractivity (Wildman–Crippen MR) is 80.6 cm³/mol. The van der Waals surface area contributed by atoms with E-state index >= 15 is 0 Å². The molecule has 4 nitrogen and oxygen atoms in total. The highest BCUT2D eigenvalue weighted by Crippen LogP contribution is 2.30. The van der Waals surface area contributed by atoms with Crippen LogP contribution in [-0.2, 0) is 10.0 Å². The Labute approximate surface area is 124 Å². The van der Waals surface area contributed by atoms with Crippen molar-refractivity contribution >= 4 is 15.7 Å². The van der Waals surface area contributed by atoms with Crippen molar-refractivity contribution in [2.75, 3.05) is 12.8 Å². The van der Waals surface area contributed by atoms with Gasteiger partial charge >= 0.3 is 0 Å². The zero-order valence-electron chi connectivity index (χ0n) is 11.8. The maximum absolute atomic E-state index is 13.9. The van der Waals surface area contributed by atoms with Gasteiger partial charge in [-0.2, -0.15) is 4.31 Å². The summed E-state index contributed by atoms with van der Waals surface area (Å²) in [6.07, 6.45) is 0. The van der Waals surface area contributed by atoms with Gasteiger partial charge in [-0.1, -0.05) is 36.4 Å². The Bertz CT molecular complexity index is 712. The Morgan fingerprint density at radius 2 is 1.71 bits per heavy atom. The molecule has 2 rings (SSSR count). The van der Waals surface area contributed by atoms with E-state index in [2.05, 4.69) is 0 Å². The van der Waals surface area contributed by atoms with Gasteiger partial charge in [0.15, 0.2) is 0 Å². The van der Waals surface area contributed by atoms with Gasteiger partial charge in [0.25, 0.3) is 0 Å². The normalized spacial score (nSPS) is 13.3. The number of sulfonamides is 1. The van der Waals surface area contributed by atoms with Crippen LogP contribution < -0.4 is 5.73 Å². The average Bonchev–Trinajstić information content (AvgIpc) is 2.46. The first kappa shape index (κ1) is 15.5. The van der Waals surface area contributed by atoms with E-state index in [1.807, 2.05) is 30.3 Å². The van der Waals surface area contributed by atoms with Gasteiger partial charge in [0, 0.05) is 13.1 Å². The number of anilines is 1. The summed E-state index contributed by atoms with van der Waals surface area (Å²) >= 11 is 0. The van der Waals surface area contributed by atoms with Crippen LogP contribution in [0, 0.1) is 5.82 Å². The number of hydrogen-bond donors (Lipinski definition) is 1. The molecule has 2 N–H and O–H groups in total. The molecule has 0 bridgehead atoms. The predicted octanol–water partition coefficient (Wildman–Crippen LogP) is 2.79. The fourth-order valence-electron chi connectivity index (χ4n) is 2.09. The van der Waals surface area contributed by atoms with Crippen molar-refractivity contribution in [3.05, 3.63) is 59.9 Å². The van der Waals surface area contributed by atoms with E-state index in [0.29, 0.717) is 0 Å². The number of nitrogen functional groups attached to an aromatic ring is 1. The molecular weight excluding hydrogens is 291 g/mol. The summed E-state index contributed by atoms with van der Waals surface area (Å²) in [4.78, 5) is -0.477. The number of nitrogens with zero attached hydrogens (tertiary/aromatic N) is 1. The van der Waals surface area contributed by atoms with Crippen LogP contribution in [0.25, 0.3) is 0 Å². The van der Waals surface area contributed by atoms with Crippen molar-refractivity contribution in [2.24, 2.45) is 0 Å². The Balaban J connectivity index is 2.45. The quantitative estimate of drug-likeness (QED) is 0.883. The molecule has 0 aromatic heterocycles. The zero-order chi connectivity index (χ0) is 15.6. The molecule has 112 valence electrons. The van der Waals surface area contributed by atoms with Gasteiger partial charge in [-0.25, -0.2) is 12.8 Å². The minimum Gasteiger partial charge on any atom is -0.398 e. The number of hydrogen-bond acceptors (Lipinski definition) is 3. The van der Waals surface area contributed by atoms with Crippen LogP contribution in [0.3, 0.4) is 0 Å². The van der Waals surface area contributed by atoms with Crippen molar-refractivity contribution < 1.29 is 12.8 Å². The van der Waals surface area contributed by atoms with Gasteiger partial charge in [0.1, 0.15) is 10.7 Å². The van der Waals surface area contributed by atoms with Crippen molar-refractivity contribution in [3.63, 3.8) is 0 Å². The summed E-state index contributed by atoms with van der Waals surface area (Å²) in [5, 5.41) is 0. The van der Waals surface area contributed by atoms with Gasteiger partial charge in [0.2, 0.25) is 10.0 Å². The molecule has 2 aromatic carbocycles. The van der Waals surface area contributed by atoms with E-state index in [1.165, 1.54) is 19.2 Å². The highest BCUT2D eigenvalue weighted by Gasteiger charge is 2.30. The van der Waals surface area contributed by atoms with E-state index in [1.54, 1.807) is 6.92 Å². The molecular formula is C15H17FN2O2S. The second-order valence-electron chi connectivity index (χ2n) is 4.77. The van der Waals surface area contributed by atoms with Crippen molar-refractivity contribution in [3.8, 4) is 0 Å². The third-order valence-corrected chi connectivity index (χ3v) is 5.48. The monoisotopic (exact) mass is 308 g/mol. The summed E-state index contributed by atoms with van der Waals surface area (Å²) in [5.41, 5.74) is 6.36. The summed E-state index contributed by atoms with van der Waals surface area (Å²) in [6.45, 7) is 1.74. The lowest BCUT2D eigenvalue weighted by Crippen LogP contribution is -2.31. The average molecular weight is 308 g/mol. The van der Waals surface area contributed by atoms with Crippen LogP contribution >= 0.6 is 0 Å². The van der Waals surface area contributed by atoms with E-state index in [4.69, 9.17) is 5.73 Å². The van der Waals surface area contributed by atoms with Crippen LogP contribution in [-0.4, -0.2) is 19.8 Å². The number of nitrogens with two attached hydrogens (primary N) is 1. The molecule has 21 heavy (non-hydrogen) atoms. The maximum Gasteiger partial charge on any atom is 0.248 e. The van der Waals surface area contributed by atoms with Gasteiger partial charge in [-0.05, 0) is 24.6 Å². The molecule has 0 amide bonds. The maximum atomic E-state index is 13.9. The Hall–Kier alpha value is -1.92. The lowest BCUT2D eigenvalue weighted by atomic mass is 10.1. The molecule has 0 radical (unpaired) electrons. The molecule has 2 aromatic rings. The first-order valence-electron chi connectivity index (χ1n) is 6.42. The van der Waals surface area contributed by atoms with Crippen LogP contribution in [0.15, 0.2) is 53.4 Å². The second-order valence-corrected chi connectivity index (χ2v) is 6.70. The first-order chi connectivity index (χ1) is 9.85. The largest absolute Gasteiger partial charge is 0.398 e.